The number of hydrogen-bond donors (Lipinski definition) is 0. The summed E-state index contributed by atoms with van der Waals surface area (Å²) in [4.78, 5) is 0. The summed E-state index contributed by atoms with van der Waals surface area (Å²) >= 11 is 0. The third-order valence-corrected chi connectivity index (χ3v) is 2.38. The van der Waals surface area contributed by atoms with Gasteiger partial charge in [-0.1, -0.05) is 24.3 Å². The van der Waals surface area contributed by atoms with E-state index < -0.39 is 0 Å². The highest BCUT2D eigenvalue weighted by Gasteiger charge is 1.96. The Morgan fingerprint density at radius 2 is 1.50 bits per heavy atom. The van der Waals surface area contributed by atoms with Gasteiger partial charge in [0.05, 0.1) is 0 Å². The zero-order valence-corrected chi connectivity index (χ0v) is 7.54. The van der Waals surface area contributed by atoms with Gasteiger partial charge in [-0.3, -0.25) is 0 Å². The van der Waals surface area contributed by atoms with Crippen molar-refractivity contribution in [3.63, 3.8) is 0 Å². The maximum atomic E-state index is 3.20. The second-order valence-corrected chi connectivity index (χ2v) is 3.29. The highest BCUT2D eigenvalue weighted by atomic mass is 14.0. The van der Waals surface area contributed by atoms with E-state index in [-0.39, 0.29) is 0 Å². The highest BCUT2D eigenvalue weighted by Crippen LogP contribution is 2.21. The van der Waals surface area contributed by atoms with Crippen LogP contribution < -0.4 is 0 Å². The Bertz CT molecular complexity index is 489. The fourth-order valence-corrected chi connectivity index (χ4v) is 1.68. The molecule has 0 saturated heterocycles. The largest absolute Gasteiger partial charge is 0.0537 e. The molecule has 63 valence electrons. The lowest BCUT2D eigenvalue weighted by atomic mass is 10.0. The molecule has 14 heavy (non-hydrogen) atoms. The summed E-state index contributed by atoms with van der Waals surface area (Å²) in [6.07, 6.45) is 0. The normalized spacial score (nSPS) is 10.9. The lowest BCUT2D eigenvalue weighted by molar-refractivity contribution is 1.74. The number of fused-ring (bicyclic) bond motifs is 2. The molecular formula is C14H7. The molecule has 3 rings (SSSR count). The first-order chi connectivity index (χ1) is 6.93. The van der Waals surface area contributed by atoms with E-state index in [1.54, 1.807) is 0 Å². The van der Waals surface area contributed by atoms with E-state index in [1.807, 2.05) is 24.3 Å². The van der Waals surface area contributed by atoms with Crippen LogP contribution in [0.1, 0.15) is 0 Å². The predicted octanol–water partition coefficient (Wildman–Crippen LogP) is 3.39. The van der Waals surface area contributed by atoms with Crippen LogP contribution in [0, 0.1) is 18.2 Å². The molecule has 0 aromatic heterocycles. The zero-order chi connectivity index (χ0) is 9.38. The zero-order valence-electron chi connectivity index (χ0n) is 7.54. The minimum absolute atomic E-state index is 1.11. The first-order valence-electron chi connectivity index (χ1n) is 4.55. The minimum Gasteiger partial charge on any atom is -0.0537 e. The van der Waals surface area contributed by atoms with Crippen LogP contribution in [0.5, 0.6) is 0 Å². The number of hydrogen-bond acceptors (Lipinski definition) is 0. The standard InChI is InChI=1S/C14H7/c1-2-6-12-10-14-8-4-3-7-13(14)9-11(12)5-1/h1-3,7-10H. The Hall–Kier alpha value is -1.82. The smallest absolute Gasteiger partial charge is 0.00926 e. The minimum atomic E-state index is 1.11. The quantitative estimate of drug-likeness (QED) is 0.459. The van der Waals surface area contributed by atoms with E-state index in [2.05, 4.69) is 36.4 Å². The van der Waals surface area contributed by atoms with Crippen molar-refractivity contribution in [1.29, 1.82) is 0 Å². The fourth-order valence-electron chi connectivity index (χ4n) is 1.68. The molecule has 0 amide bonds. The summed E-state index contributed by atoms with van der Waals surface area (Å²) in [5, 5.41) is 4.66. The van der Waals surface area contributed by atoms with E-state index >= 15 is 0 Å². The van der Waals surface area contributed by atoms with Gasteiger partial charge in [-0.05, 0) is 57.9 Å². The van der Waals surface area contributed by atoms with Crippen molar-refractivity contribution in [2.45, 2.75) is 0 Å². The van der Waals surface area contributed by atoms with Crippen LogP contribution >= 0.6 is 0 Å². The van der Waals surface area contributed by atoms with Crippen LogP contribution in [0.3, 0.4) is 0 Å². The van der Waals surface area contributed by atoms with Crippen LogP contribution in [0.25, 0.3) is 21.5 Å². The molecule has 0 atom stereocenters. The van der Waals surface area contributed by atoms with Crippen molar-refractivity contribution in [3.8, 4) is 0 Å². The van der Waals surface area contributed by atoms with E-state index in [1.165, 1.54) is 10.8 Å². The molecule has 0 aliphatic carbocycles. The molecular weight excluding hydrogens is 168 g/mol. The van der Waals surface area contributed by atoms with Crippen molar-refractivity contribution >= 4 is 21.5 Å². The second-order valence-electron chi connectivity index (χ2n) is 3.29. The third-order valence-electron chi connectivity index (χ3n) is 2.38. The summed E-state index contributed by atoms with van der Waals surface area (Å²) in [5.41, 5.74) is 0. The summed E-state index contributed by atoms with van der Waals surface area (Å²) in [6.45, 7) is 0. The molecule has 3 aromatic carbocycles. The van der Waals surface area contributed by atoms with Crippen molar-refractivity contribution in [3.05, 3.63) is 60.7 Å². The van der Waals surface area contributed by atoms with Gasteiger partial charge in [0.25, 0.3) is 0 Å². The summed E-state index contributed by atoms with van der Waals surface area (Å²) in [5.74, 6) is 0. The molecule has 0 nitrogen and oxygen atoms in total. The van der Waals surface area contributed by atoms with Gasteiger partial charge >= 0.3 is 0 Å². The van der Waals surface area contributed by atoms with Gasteiger partial charge in [-0.25, -0.2) is 0 Å². The van der Waals surface area contributed by atoms with Crippen molar-refractivity contribution in [2.24, 2.45) is 0 Å². The Morgan fingerprint density at radius 1 is 0.786 bits per heavy atom. The number of benzene rings is 3. The number of rotatable bonds is 0. The summed E-state index contributed by atoms with van der Waals surface area (Å²) in [6, 6.07) is 23.5. The monoisotopic (exact) mass is 175 g/mol. The van der Waals surface area contributed by atoms with E-state index in [4.69, 9.17) is 0 Å². The SMILES string of the molecule is [c]1ccc2cc3[c]cc[c]c3cc2c1. The van der Waals surface area contributed by atoms with Gasteiger partial charge in [0.1, 0.15) is 0 Å². The molecule has 0 heterocycles. The van der Waals surface area contributed by atoms with Crippen LogP contribution in [-0.4, -0.2) is 0 Å². The van der Waals surface area contributed by atoms with E-state index in [0.717, 1.165) is 10.8 Å². The Kier molecular flexibility index (Phi) is 1.54. The van der Waals surface area contributed by atoms with E-state index in [0.29, 0.717) is 0 Å². The summed E-state index contributed by atoms with van der Waals surface area (Å²) in [7, 11) is 0. The topological polar surface area (TPSA) is 0 Å². The molecule has 0 saturated carbocycles. The molecule has 0 heteroatoms. The van der Waals surface area contributed by atoms with Gasteiger partial charge < -0.3 is 0 Å². The van der Waals surface area contributed by atoms with Crippen molar-refractivity contribution in [2.75, 3.05) is 0 Å². The molecule has 0 fully saturated rings. The van der Waals surface area contributed by atoms with E-state index in [9.17, 15) is 0 Å². The van der Waals surface area contributed by atoms with Crippen molar-refractivity contribution in [1.82, 2.24) is 0 Å². The average Bonchev–Trinajstić information content (AvgIpc) is 2.26. The first-order valence-corrected chi connectivity index (χ1v) is 4.55. The molecule has 0 bridgehead atoms. The Labute approximate surface area is 82.8 Å². The predicted molar refractivity (Wildman–Crippen MR) is 58.0 cm³/mol. The second kappa shape index (κ2) is 2.85. The van der Waals surface area contributed by atoms with Crippen molar-refractivity contribution < 1.29 is 0 Å². The van der Waals surface area contributed by atoms with Gasteiger partial charge in [0.15, 0.2) is 0 Å². The molecule has 0 unspecified atom stereocenters. The maximum Gasteiger partial charge on any atom is -0.00926 e. The van der Waals surface area contributed by atoms with Gasteiger partial charge in [-0.15, -0.1) is 0 Å². The molecule has 0 aliphatic heterocycles. The molecule has 0 spiro atoms. The molecule has 3 radical (unpaired) electrons. The highest BCUT2D eigenvalue weighted by molar-refractivity contribution is 5.97. The lowest BCUT2D eigenvalue weighted by Crippen LogP contribution is -1.75. The third kappa shape index (κ3) is 1.08. The van der Waals surface area contributed by atoms with Gasteiger partial charge in [0.2, 0.25) is 0 Å². The van der Waals surface area contributed by atoms with Gasteiger partial charge in [0, 0.05) is 0 Å². The van der Waals surface area contributed by atoms with Crippen LogP contribution in [0.2, 0.25) is 0 Å². The first kappa shape index (κ1) is 7.57. The van der Waals surface area contributed by atoms with Gasteiger partial charge in [-0.2, -0.15) is 0 Å². The molecule has 0 N–H and O–H groups in total. The van der Waals surface area contributed by atoms with Crippen LogP contribution in [-0.2, 0) is 0 Å². The summed E-state index contributed by atoms with van der Waals surface area (Å²) < 4.78 is 0. The lowest BCUT2D eigenvalue weighted by Gasteiger charge is -2.00. The van der Waals surface area contributed by atoms with Crippen LogP contribution in [0.4, 0.5) is 0 Å². The maximum absolute atomic E-state index is 3.20. The average molecular weight is 175 g/mol. The fraction of sp³-hybridized carbons (Fsp3) is 0. The van der Waals surface area contributed by atoms with Crippen LogP contribution in [0.15, 0.2) is 42.5 Å². The molecule has 3 aromatic rings. The molecule has 0 aliphatic rings. The Balaban J connectivity index is 2.52. The Morgan fingerprint density at radius 3 is 2.29 bits per heavy atom.